The Morgan fingerprint density at radius 1 is 1.23 bits per heavy atom. The highest BCUT2D eigenvalue weighted by Gasteiger charge is 2.29. The minimum absolute atomic E-state index is 0.129. The van der Waals surface area contributed by atoms with Gasteiger partial charge in [0, 0.05) is 17.1 Å². The van der Waals surface area contributed by atoms with Crippen LogP contribution in [0.25, 0.3) is 0 Å². The predicted octanol–water partition coefficient (Wildman–Crippen LogP) is 5.27. The third-order valence-corrected chi connectivity index (χ3v) is 6.50. The van der Waals surface area contributed by atoms with Crippen molar-refractivity contribution in [3.8, 4) is 5.75 Å². The second kappa shape index (κ2) is 11.0. The van der Waals surface area contributed by atoms with Crippen molar-refractivity contribution >= 4 is 39.3 Å². The molecule has 1 aliphatic carbocycles. The molecule has 0 spiro atoms. The lowest BCUT2D eigenvalue weighted by Crippen LogP contribution is -2.50. The van der Waals surface area contributed by atoms with Crippen molar-refractivity contribution in [3.05, 3.63) is 63.1 Å². The Morgan fingerprint density at radius 2 is 1.94 bits per heavy atom. The van der Waals surface area contributed by atoms with Gasteiger partial charge in [-0.1, -0.05) is 64.6 Å². The van der Waals surface area contributed by atoms with Gasteiger partial charge in [-0.2, -0.15) is 0 Å². The van der Waals surface area contributed by atoms with E-state index in [1.807, 2.05) is 31.2 Å². The number of amides is 2. The van der Waals surface area contributed by atoms with E-state index in [9.17, 15) is 9.59 Å². The molecule has 1 N–H and O–H groups in total. The number of nitrogens with one attached hydrogen (secondary N) is 1. The number of benzene rings is 2. The highest BCUT2D eigenvalue weighted by atomic mass is 79.9. The van der Waals surface area contributed by atoms with Crippen LogP contribution < -0.4 is 10.1 Å². The number of hydrogen-bond acceptors (Lipinski definition) is 3. The van der Waals surface area contributed by atoms with Crippen LogP contribution in [-0.2, 0) is 16.1 Å². The summed E-state index contributed by atoms with van der Waals surface area (Å²) in [4.78, 5) is 27.7. The van der Waals surface area contributed by atoms with E-state index < -0.39 is 6.04 Å². The van der Waals surface area contributed by atoms with E-state index in [0.29, 0.717) is 17.3 Å². The van der Waals surface area contributed by atoms with Gasteiger partial charge in [0.25, 0.3) is 5.91 Å². The number of halogens is 2. The zero-order chi connectivity index (χ0) is 22.4. The average Bonchev–Trinajstić information content (AvgIpc) is 3.25. The summed E-state index contributed by atoms with van der Waals surface area (Å²) < 4.78 is 6.52. The fourth-order valence-corrected chi connectivity index (χ4v) is 4.49. The van der Waals surface area contributed by atoms with Crippen LogP contribution in [0.4, 0.5) is 0 Å². The first kappa shape index (κ1) is 23.6. The van der Waals surface area contributed by atoms with Crippen molar-refractivity contribution in [1.82, 2.24) is 10.2 Å². The fraction of sp³-hybridized carbons (Fsp3) is 0.417. The monoisotopic (exact) mass is 506 g/mol. The molecule has 0 heterocycles. The molecule has 31 heavy (non-hydrogen) atoms. The number of carbonyl (C=O) groups excluding carboxylic acids is 2. The van der Waals surface area contributed by atoms with E-state index in [-0.39, 0.29) is 24.5 Å². The molecule has 166 valence electrons. The Labute approximate surface area is 197 Å². The summed E-state index contributed by atoms with van der Waals surface area (Å²) in [7, 11) is 0. The van der Waals surface area contributed by atoms with Gasteiger partial charge in [0.05, 0.1) is 5.02 Å². The van der Waals surface area contributed by atoms with Gasteiger partial charge in [-0.15, -0.1) is 0 Å². The SMILES string of the molecule is Cc1ccccc1CN(C(=O)COc1ccc(Br)cc1Cl)[C@@H](C)C(=O)NC1CCCC1. The molecule has 0 aromatic heterocycles. The molecule has 5 nitrogen and oxygen atoms in total. The van der Waals surface area contributed by atoms with Crippen LogP contribution in [0.2, 0.25) is 5.02 Å². The van der Waals surface area contributed by atoms with Gasteiger partial charge in [0.2, 0.25) is 5.91 Å². The summed E-state index contributed by atoms with van der Waals surface area (Å²) in [5, 5.41) is 3.52. The number of hydrogen-bond donors (Lipinski definition) is 1. The number of ether oxygens (including phenoxy) is 1. The summed E-state index contributed by atoms with van der Waals surface area (Å²) in [5.41, 5.74) is 2.07. The van der Waals surface area contributed by atoms with Crippen molar-refractivity contribution in [1.29, 1.82) is 0 Å². The molecule has 0 radical (unpaired) electrons. The van der Waals surface area contributed by atoms with Crippen molar-refractivity contribution < 1.29 is 14.3 Å². The summed E-state index contributed by atoms with van der Waals surface area (Å²) in [6.45, 7) is 3.91. The minimum atomic E-state index is -0.614. The lowest BCUT2D eigenvalue weighted by atomic mass is 10.1. The van der Waals surface area contributed by atoms with Gasteiger partial charge in [-0.25, -0.2) is 0 Å². The highest BCUT2D eigenvalue weighted by Crippen LogP contribution is 2.28. The van der Waals surface area contributed by atoms with E-state index in [2.05, 4.69) is 21.2 Å². The summed E-state index contributed by atoms with van der Waals surface area (Å²) in [6, 6.07) is 12.7. The first-order valence-electron chi connectivity index (χ1n) is 10.6. The quantitative estimate of drug-likeness (QED) is 0.530. The maximum atomic E-state index is 13.2. The molecule has 7 heteroatoms. The summed E-state index contributed by atoms with van der Waals surface area (Å²) in [5.74, 6) is 0.0314. The molecular formula is C24H28BrClN2O3. The van der Waals surface area contributed by atoms with Crippen LogP contribution >= 0.6 is 27.5 Å². The van der Waals surface area contributed by atoms with Gasteiger partial charge >= 0.3 is 0 Å². The minimum Gasteiger partial charge on any atom is -0.482 e. The van der Waals surface area contributed by atoms with Crippen LogP contribution in [0.1, 0.15) is 43.7 Å². The molecule has 1 atom stereocenters. The topological polar surface area (TPSA) is 58.6 Å². The van der Waals surface area contributed by atoms with Crippen molar-refractivity contribution in [2.75, 3.05) is 6.61 Å². The normalized spacial score (nSPS) is 14.8. The zero-order valence-corrected chi connectivity index (χ0v) is 20.2. The Kier molecular flexibility index (Phi) is 8.38. The lowest BCUT2D eigenvalue weighted by molar-refractivity contribution is -0.142. The average molecular weight is 508 g/mol. The van der Waals surface area contributed by atoms with Crippen molar-refractivity contribution in [2.24, 2.45) is 0 Å². The molecule has 1 aliphatic rings. The van der Waals surface area contributed by atoms with Gasteiger partial charge < -0.3 is 15.0 Å². The van der Waals surface area contributed by atoms with Crippen molar-refractivity contribution in [2.45, 2.75) is 58.2 Å². The predicted molar refractivity (Wildman–Crippen MR) is 126 cm³/mol. The molecule has 0 unspecified atom stereocenters. The van der Waals surface area contributed by atoms with E-state index in [1.165, 1.54) is 0 Å². The van der Waals surface area contributed by atoms with Crippen LogP contribution in [0.5, 0.6) is 5.75 Å². The fourth-order valence-electron chi connectivity index (χ4n) is 3.76. The maximum Gasteiger partial charge on any atom is 0.261 e. The van der Waals surface area contributed by atoms with Gasteiger partial charge in [0.1, 0.15) is 11.8 Å². The Morgan fingerprint density at radius 3 is 2.61 bits per heavy atom. The molecule has 0 saturated heterocycles. The second-order valence-electron chi connectivity index (χ2n) is 7.98. The first-order chi connectivity index (χ1) is 14.8. The molecule has 2 aromatic carbocycles. The third kappa shape index (κ3) is 6.47. The number of carbonyl (C=O) groups is 2. The van der Waals surface area contributed by atoms with E-state index in [1.54, 1.807) is 30.0 Å². The molecule has 2 amide bonds. The molecule has 2 aromatic rings. The second-order valence-corrected chi connectivity index (χ2v) is 9.30. The maximum absolute atomic E-state index is 13.2. The smallest absolute Gasteiger partial charge is 0.261 e. The largest absolute Gasteiger partial charge is 0.482 e. The Bertz CT molecular complexity index is 931. The summed E-state index contributed by atoms with van der Waals surface area (Å²) in [6.07, 6.45) is 4.25. The van der Waals surface area contributed by atoms with Crippen LogP contribution in [0, 0.1) is 6.92 Å². The Balaban J connectivity index is 1.74. The zero-order valence-electron chi connectivity index (χ0n) is 17.9. The molecular weight excluding hydrogens is 480 g/mol. The lowest BCUT2D eigenvalue weighted by Gasteiger charge is -2.30. The molecule has 0 aliphatic heterocycles. The van der Waals surface area contributed by atoms with Gasteiger partial charge in [-0.3, -0.25) is 9.59 Å². The molecule has 0 bridgehead atoms. The van der Waals surface area contributed by atoms with Crippen LogP contribution in [0.3, 0.4) is 0 Å². The first-order valence-corrected chi connectivity index (χ1v) is 11.7. The standard InChI is InChI=1S/C24H28BrClN2O3/c1-16-7-3-4-8-18(16)14-28(17(2)24(30)27-20-9-5-6-10-20)23(29)15-31-22-12-11-19(25)13-21(22)26/h3-4,7-8,11-13,17,20H,5-6,9-10,14-15H2,1-2H3,(H,27,30)/t17-/m0/s1. The molecule has 3 rings (SSSR count). The Hall–Kier alpha value is -2.05. The van der Waals surface area contributed by atoms with Gasteiger partial charge in [-0.05, 0) is 56.0 Å². The van der Waals surface area contributed by atoms with Gasteiger partial charge in [0.15, 0.2) is 6.61 Å². The van der Waals surface area contributed by atoms with E-state index in [0.717, 1.165) is 41.3 Å². The number of rotatable bonds is 8. The van der Waals surface area contributed by atoms with Crippen LogP contribution in [-0.4, -0.2) is 35.4 Å². The third-order valence-electron chi connectivity index (χ3n) is 5.72. The number of nitrogens with zero attached hydrogens (tertiary/aromatic N) is 1. The molecule has 1 saturated carbocycles. The highest BCUT2D eigenvalue weighted by molar-refractivity contribution is 9.10. The number of aryl methyl sites for hydroxylation is 1. The van der Waals surface area contributed by atoms with Crippen LogP contribution in [0.15, 0.2) is 46.9 Å². The van der Waals surface area contributed by atoms with E-state index >= 15 is 0 Å². The summed E-state index contributed by atoms with van der Waals surface area (Å²) >= 11 is 9.56. The molecule has 1 fully saturated rings. The van der Waals surface area contributed by atoms with E-state index in [4.69, 9.17) is 16.3 Å². The van der Waals surface area contributed by atoms with Crippen molar-refractivity contribution in [3.63, 3.8) is 0 Å².